The molecule has 3 aromatic rings. The second-order valence-electron chi connectivity index (χ2n) is 7.15. The molecule has 1 aliphatic rings. The fourth-order valence-corrected chi connectivity index (χ4v) is 3.20. The van der Waals surface area contributed by atoms with Crippen LogP contribution in [0, 0.1) is 6.92 Å². The smallest absolute Gasteiger partial charge is 0.335 e. The van der Waals surface area contributed by atoms with Crippen LogP contribution in [0.1, 0.15) is 34.3 Å². The number of aromatic nitrogens is 1. The average Bonchev–Trinajstić information content (AvgIpc) is 3.50. The SMILES string of the molecule is Cc1ccc(NOC2(c3ccc(O)c(O)c3)CC2)nc1-c1cccc(C(=O)O)c1. The van der Waals surface area contributed by atoms with Gasteiger partial charge in [-0.05, 0) is 61.2 Å². The molecule has 0 atom stereocenters. The summed E-state index contributed by atoms with van der Waals surface area (Å²) in [5.74, 6) is -0.868. The van der Waals surface area contributed by atoms with Crippen molar-refractivity contribution in [1.82, 2.24) is 4.98 Å². The molecule has 0 saturated heterocycles. The van der Waals surface area contributed by atoms with Crippen LogP contribution in [0.3, 0.4) is 0 Å². The second-order valence-corrected chi connectivity index (χ2v) is 7.15. The highest BCUT2D eigenvalue weighted by Crippen LogP contribution is 2.50. The normalized spacial score (nSPS) is 14.4. The van der Waals surface area contributed by atoms with Crippen LogP contribution < -0.4 is 5.48 Å². The van der Waals surface area contributed by atoms with E-state index in [1.165, 1.54) is 18.2 Å². The van der Waals surface area contributed by atoms with Crippen LogP contribution in [0.15, 0.2) is 54.6 Å². The first-order valence-electron chi connectivity index (χ1n) is 9.16. The Kier molecular flexibility index (Phi) is 4.60. The van der Waals surface area contributed by atoms with Crippen molar-refractivity contribution in [3.05, 3.63) is 71.3 Å². The average molecular weight is 392 g/mol. The second kappa shape index (κ2) is 7.10. The third kappa shape index (κ3) is 3.72. The molecule has 0 radical (unpaired) electrons. The minimum absolute atomic E-state index is 0.175. The van der Waals surface area contributed by atoms with Gasteiger partial charge in [-0.3, -0.25) is 4.84 Å². The number of hydrogen-bond acceptors (Lipinski definition) is 6. The molecule has 7 heteroatoms. The van der Waals surface area contributed by atoms with Gasteiger partial charge in [-0.15, -0.1) is 0 Å². The Labute approximate surface area is 167 Å². The van der Waals surface area contributed by atoms with Crippen LogP contribution in [-0.2, 0) is 10.4 Å². The number of aromatic carboxylic acids is 1. The zero-order chi connectivity index (χ0) is 20.6. The third-order valence-corrected chi connectivity index (χ3v) is 5.04. The van der Waals surface area contributed by atoms with Crippen molar-refractivity contribution in [3.63, 3.8) is 0 Å². The molecular weight excluding hydrogens is 372 g/mol. The van der Waals surface area contributed by atoms with Gasteiger partial charge in [0.15, 0.2) is 11.5 Å². The van der Waals surface area contributed by atoms with Gasteiger partial charge in [-0.2, -0.15) is 0 Å². The Morgan fingerprint density at radius 2 is 1.86 bits per heavy atom. The monoisotopic (exact) mass is 392 g/mol. The summed E-state index contributed by atoms with van der Waals surface area (Å²) in [7, 11) is 0. The summed E-state index contributed by atoms with van der Waals surface area (Å²) in [4.78, 5) is 21.7. The number of phenols is 2. The fourth-order valence-electron chi connectivity index (χ4n) is 3.20. The Balaban J connectivity index is 1.56. The number of pyridine rings is 1. The van der Waals surface area contributed by atoms with E-state index >= 15 is 0 Å². The zero-order valence-corrected chi connectivity index (χ0v) is 15.7. The molecule has 4 N–H and O–H groups in total. The lowest BCUT2D eigenvalue weighted by Crippen LogP contribution is -2.17. The fraction of sp³-hybridized carbons (Fsp3) is 0.182. The Morgan fingerprint density at radius 3 is 2.55 bits per heavy atom. The van der Waals surface area contributed by atoms with Gasteiger partial charge >= 0.3 is 5.97 Å². The maximum atomic E-state index is 11.2. The van der Waals surface area contributed by atoms with Crippen molar-refractivity contribution < 1.29 is 25.0 Å². The van der Waals surface area contributed by atoms with Crippen LogP contribution in [0.2, 0.25) is 0 Å². The number of aryl methyl sites for hydroxylation is 1. The molecule has 1 aliphatic carbocycles. The van der Waals surface area contributed by atoms with Crippen LogP contribution in [0.25, 0.3) is 11.3 Å². The van der Waals surface area contributed by atoms with Crippen molar-refractivity contribution >= 4 is 11.8 Å². The van der Waals surface area contributed by atoms with Gasteiger partial charge in [-0.1, -0.05) is 24.3 Å². The lowest BCUT2D eigenvalue weighted by molar-refractivity contribution is 0.0696. The van der Waals surface area contributed by atoms with Crippen LogP contribution >= 0.6 is 0 Å². The van der Waals surface area contributed by atoms with Gasteiger partial charge < -0.3 is 15.3 Å². The van der Waals surface area contributed by atoms with Crippen molar-refractivity contribution in [2.75, 3.05) is 5.48 Å². The Morgan fingerprint density at radius 1 is 1.07 bits per heavy atom. The largest absolute Gasteiger partial charge is 0.504 e. The van der Waals surface area contributed by atoms with Gasteiger partial charge in [0.1, 0.15) is 11.4 Å². The molecule has 0 spiro atoms. The summed E-state index contributed by atoms with van der Waals surface area (Å²) in [6.45, 7) is 1.90. The van der Waals surface area contributed by atoms with Crippen molar-refractivity contribution in [2.24, 2.45) is 0 Å². The Hall–Kier alpha value is -3.58. The summed E-state index contributed by atoms with van der Waals surface area (Å²) >= 11 is 0. The van der Waals surface area contributed by atoms with E-state index < -0.39 is 11.6 Å². The topological polar surface area (TPSA) is 112 Å². The molecule has 1 aromatic heterocycles. The van der Waals surface area contributed by atoms with E-state index in [-0.39, 0.29) is 17.1 Å². The number of nitrogens with zero attached hydrogens (tertiary/aromatic N) is 1. The maximum absolute atomic E-state index is 11.2. The molecule has 4 rings (SSSR count). The number of carboxylic acids is 1. The first-order valence-corrected chi connectivity index (χ1v) is 9.16. The van der Waals surface area contributed by atoms with E-state index in [1.54, 1.807) is 24.3 Å². The number of nitrogens with one attached hydrogen (secondary N) is 1. The molecule has 1 fully saturated rings. The minimum Gasteiger partial charge on any atom is -0.504 e. The number of carboxylic acid groups (broad SMARTS) is 1. The molecule has 2 aromatic carbocycles. The van der Waals surface area contributed by atoms with E-state index in [2.05, 4.69) is 10.5 Å². The number of benzene rings is 2. The van der Waals surface area contributed by atoms with Crippen LogP contribution in [0.5, 0.6) is 11.5 Å². The van der Waals surface area contributed by atoms with Crippen LogP contribution in [-0.4, -0.2) is 26.3 Å². The van der Waals surface area contributed by atoms with Gasteiger partial charge in [0.05, 0.1) is 11.3 Å². The van der Waals surface area contributed by atoms with E-state index in [1.807, 2.05) is 19.1 Å². The first kappa shape index (κ1) is 18.8. The standard InChI is InChI=1S/C22H20N2O5/c1-13-5-8-19(23-20(13)14-3-2-4-15(11-14)21(27)28)24-29-22(9-10-22)16-6-7-17(25)18(26)12-16/h2-8,11-12,25-26H,9-10H2,1H3,(H,23,24)(H,27,28). The zero-order valence-electron chi connectivity index (χ0n) is 15.7. The molecule has 29 heavy (non-hydrogen) atoms. The highest BCUT2D eigenvalue weighted by atomic mass is 16.7. The van der Waals surface area contributed by atoms with E-state index in [0.29, 0.717) is 17.1 Å². The Bertz CT molecular complexity index is 1090. The first-order chi connectivity index (χ1) is 13.9. The number of phenolic OH excluding ortho intramolecular Hbond substituents is 2. The lowest BCUT2D eigenvalue weighted by Gasteiger charge is -2.18. The number of hydrogen-bond donors (Lipinski definition) is 4. The van der Waals surface area contributed by atoms with Gasteiger partial charge in [0, 0.05) is 5.56 Å². The minimum atomic E-state index is -0.991. The van der Waals surface area contributed by atoms with E-state index in [0.717, 1.165) is 24.0 Å². The maximum Gasteiger partial charge on any atom is 0.335 e. The summed E-state index contributed by atoms with van der Waals surface area (Å²) in [6, 6.07) is 14.9. The summed E-state index contributed by atoms with van der Waals surface area (Å²) in [6.07, 6.45) is 1.53. The predicted molar refractivity (Wildman–Crippen MR) is 107 cm³/mol. The van der Waals surface area contributed by atoms with E-state index in [9.17, 15) is 20.1 Å². The molecule has 0 amide bonds. The summed E-state index contributed by atoms with van der Waals surface area (Å²) in [5.41, 5.74) is 5.53. The third-order valence-electron chi connectivity index (χ3n) is 5.04. The predicted octanol–water partition coefficient (Wildman–Crippen LogP) is 4.20. The van der Waals surface area contributed by atoms with Gasteiger partial charge in [0.2, 0.25) is 0 Å². The van der Waals surface area contributed by atoms with Gasteiger partial charge in [0.25, 0.3) is 0 Å². The molecule has 1 heterocycles. The van der Waals surface area contributed by atoms with Crippen molar-refractivity contribution in [2.45, 2.75) is 25.4 Å². The lowest BCUT2D eigenvalue weighted by atomic mass is 10.0. The molecule has 148 valence electrons. The molecule has 1 saturated carbocycles. The van der Waals surface area contributed by atoms with Gasteiger partial charge in [-0.25, -0.2) is 15.3 Å². The molecule has 0 aliphatic heterocycles. The van der Waals surface area contributed by atoms with Crippen molar-refractivity contribution in [3.8, 4) is 22.8 Å². The summed E-state index contributed by atoms with van der Waals surface area (Å²) in [5, 5.41) is 28.5. The van der Waals surface area contributed by atoms with Crippen molar-refractivity contribution in [1.29, 1.82) is 0 Å². The number of anilines is 1. The number of carbonyl (C=O) groups is 1. The van der Waals surface area contributed by atoms with Crippen LogP contribution in [0.4, 0.5) is 5.82 Å². The molecule has 0 unspecified atom stereocenters. The van der Waals surface area contributed by atoms with E-state index in [4.69, 9.17) is 4.84 Å². The molecule has 0 bridgehead atoms. The highest BCUT2D eigenvalue weighted by molar-refractivity contribution is 5.89. The summed E-state index contributed by atoms with van der Waals surface area (Å²) < 4.78 is 0. The quantitative estimate of drug-likeness (QED) is 0.367. The number of aromatic hydroxyl groups is 2. The highest BCUT2D eigenvalue weighted by Gasteiger charge is 2.47. The number of rotatable bonds is 6. The molecule has 7 nitrogen and oxygen atoms in total. The molecular formula is C22H20N2O5.